The number of hydrogen-bond donors (Lipinski definition) is 2. The maximum absolute atomic E-state index is 13.0. The van der Waals surface area contributed by atoms with Crippen LogP contribution in [0.1, 0.15) is 29.5 Å². The third-order valence-corrected chi connectivity index (χ3v) is 7.51. The van der Waals surface area contributed by atoms with E-state index in [1.165, 1.54) is 6.92 Å². The second-order valence-corrected chi connectivity index (χ2v) is 10.2. The SMILES string of the molecule is CC(=O)N1CC(C(=O)O)C(c2ccc(N(C)C(=O)Cc3ccc(NC(=O)N(C)c4ccccc4C)cc3)cc2)C1. The number of hydrogen-bond acceptors (Lipinski definition) is 4. The summed E-state index contributed by atoms with van der Waals surface area (Å²) in [4.78, 5) is 53.9. The van der Waals surface area contributed by atoms with Crippen molar-refractivity contribution in [3.8, 4) is 0 Å². The molecule has 1 aliphatic heterocycles. The van der Waals surface area contributed by atoms with E-state index in [2.05, 4.69) is 5.32 Å². The molecule has 208 valence electrons. The zero-order chi connectivity index (χ0) is 29.0. The third kappa shape index (κ3) is 6.31. The molecular formula is C31H34N4O5. The number of rotatable bonds is 7. The highest BCUT2D eigenvalue weighted by Crippen LogP contribution is 2.34. The topological polar surface area (TPSA) is 110 Å². The summed E-state index contributed by atoms with van der Waals surface area (Å²) in [6, 6.07) is 21.8. The first-order valence-electron chi connectivity index (χ1n) is 13.1. The van der Waals surface area contributed by atoms with Gasteiger partial charge in [0.25, 0.3) is 0 Å². The molecule has 2 N–H and O–H groups in total. The molecule has 0 aliphatic carbocycles. The number of carboxylic acid groups (broad SMARTS) is 1. The van der Waals surface area contributed by atoms with Gasteiger partial charge in [0, 0.05) is 57.1 Å². The Hall–Kier alpha value is -4.66. The number of carbonyl (C=O) groups excluding carboxylic acids is 3. The van der Waals surface area contributed by atoms with Gasteiger partial charge < -0.3 is 20.2 Å². The lowest BCUT2D eigenvalue weighted by molar-refractivity contribution is -0.141. The Balaban J connectivity index is 1.35. The Morgan fingerprint density at radius 2 is 1.55 bits per heavy atom. The number of likely N-dealkylation sites (tertiary alicyclic amines) is 1. The van der Waals surface area contributed by atoms with Crippen molar-refractivity contribution in [2.24, 2.45) is 5.92 Å². The highest BCUT2D eigenvalue weighted by molar-refractivity contribution is 6.01. The summed E-state index contributed by atoms with van der Waals surface area (Å²) in [7, 11) is 3.41. The number of urea groups is 1. The van der Waals surface area contributed by atoms with E-state index in [9.17, 15) is 24.3 Å². The van der Waals surface area contributed by atoms with Crippen LogP contribution in [-0.2, 0) is 20.8 Å². The first kappa shape index (κ1) is 28.4. The first-order valence-corrected chi connectivity index (χ1v) is 13.1. The van der Waals surface area contributed by atoms with Crippen LogP contribution in [0.3, 0.4) is 0 Å². The molecule has 0 aromatic heterocycles. The number of likely N-dealkylation sites (N-methyl/N-ethyl adjacent to an activating group) is 1. The summed E-state index contributed by atoms with van der Waals surface area (Å²) in [5.74, 6) is -2.14. The standard InChI is InChI=1S/C31H34N4O5/c1-20-7-5-6-8-28(20)34(4)31(40)32-24-13-9-22(10-14-24)17-29(37)33(3)25-15-11-23(12-16-25)26-18-35(21(2)36)19-27(26)30(38)39/h5-16,26-27H,17-19H2,1-4H3,(H,32,40)(H,38,39). The molecule has 1 aliphatic rings. The van der Waals surface area contributed by atoms with Crippen molar-refractivity contribution in [2.75, 3.05) is 42.3 Å². The summed E-state index contributed by atoms with van der Waals surface area (Å²) >= 11 is 0. The molecule has 3 aromatic rings. The predicted molar refractivity (Wildman–Crippen MR) is 155 cm³/mol. The number of carbonyl (C=O) groups is 4. The Labute approximate surface area is 234 Å². The van der Waals surface area contributed by atoms with Gasteiger partial charge in [0.1, 0.15) is 0 Å². The van der Waals surface area contributed by atoms with Crippen molar-refractivity contribution in [1.82, 2.24) is 4.90 Å². The number of aliphatic carboxylic acids is 1. The fraction of sp³-hybridized carbons (Fsp3) is 0.290. The molecule has 0 bridgehead atoms. The molecule has 3 aromatic carbocycles. The fourth-order valence-corrected chi connectivity index (χ4v) is 4.99. The zero-order valence-electron chi connectivity index (χ0n) is 23.1. The number of anilines is 3. The largest absolute Gasteiger partial charge is 0.481 e. The van der Waals surface area contributed by atoms with Crippen molar-refractivity contribution in [1.29, 1.82) is 0 Å². The highest BCUT2D eigenvalue weighted by Gasteiger charge is 2.39. The minimum absolute atomic E-state index is 0.115. The van der Waals surface area contributed by atoms with Gasteiger partial charge in [-0.05, 0) is 53.9 Å². The van der Waals surface area contributed by atoms with Gasteiger partial charge in [-0.1, -0.05) is 42.5 Å². The van der Waals surface area contributed by atoms with Crippen LogP contribution in [0, 0.1) is 12.8 Å². The van der Waals surface area contributed by atoms with Crippen LogP contribution in [0.4, 0.5) is 21.9 Å². The van der Waals surface area contributed by atoms with Gasteiger partial charge >= 0.3 is 12.0 Å². The van der Waals surface area contributed by atoms with E-state index in [0.29, 0.717) is 17.9 Å². The normalized spacial score (nSPS) is 16.4. The number of nitrogens with zero attached hydrogens (tertiary/aromatic N) is 3. The molecule has 0 saturated carbocycles. The number of aryl methyl sites for hydroxylation is 1. The molecule has 1 heterocycles. The van der Waals surface area contributed by atoms with E-state index in [1.807, 2.05) is 55.5 Å². The predicted octanol–water partition coefficient (Wildman–Crippen LogP) is 4.52. The zero-order valence-corrected chi connectivity index (χ0v) is 23.1. The van der Waals surface area contributed by atoms with Crippen molar-refractivity contribution in [3.05, 3.63) is 89.5 Å². The molecule has 40 heavy (non-hydrogen) atoms. The van der Waals surface area contributed by atoms with E-state index in [-0.39, 0.29) is 36.7 Å². The maximum Gasteiger partial charge on any atom is 0.326 e. The summed E-state index contributed by atoms with van der Waals surface area (Å²) in [6.45, 7) is 3.95. The number of carboxylic acids is 1. The highest BCUT2D eigenvalue weighted by atomic mass is 16.4. The monoisotopic (exact) mass is 542 g/mol. The van der Waals surface area contributed by atoms with Crippen molar-refractivity contribution >= 4 is 40.9 Å². The van der Waals surface area contributed by atoms with E-state index < -0.39 is 11.9 Å². The van der Waals surface area contributed by atoms with Crippen LogP contribution >= 0.6 is 0 Å². The van der Waals surface area contributed by atoms with Crippen LogP contribution in [0.5, 0.6) is 0 Å². The lowest BCUT2D eigenvalue weighted by Crippen LogP contribution is -2.31. The van der Waals surface area contributed by atoms with Crippen LogP contribution < -0.4 is 15.1 Å². The number of para-hydroxylation sites is 1. The van der Waals surface area contributed by atoms with Gasteiger partial charge in [-0.3, -0.25) is 19.3 Å². The van der Waals surface area contributed by atoms with Gasteiger partial charge in [-0.2, -0.15) is 0 Å². The Bertz CT molecular complexity index is 1400. The van der Waals surface area contributed by atoms with Gasteiger partial charge in [0.15, 0.2) is 0 Å². The molecule has 2 unspecified atom stereocenters. The van der Waals surface area contributed by atoms with Gasteiger partial charge in [0.2, 0.25) is 11.8 Å². The van der Waals surface area contributed by atoms with E-state index >= 15 is 0 Å². The van der Waals surface area contributed by atoms with Crippen LogP contribution in [0.2, 0.25) is 0 Å². The Kier molecular flexibility index (Phi) is 8.52. The third-order valence-electron chi connectivity index (χ3n) is 7.51. The number of nitrogens with one attached hydrogen (secondary N) is 1. The summed E-state index contributed by atoms with van der Waals surface area (Å²) in [6.07, 6.45) is 0.173. The average Bonchev–Trinajstić information content (AvgIpc) is 3.40. The second-order valence-electron chi connectivity index (χ2n) is 10.2. The lowest BCUT2D eigenvalue weighted by Gasteiger charge is -2.20. The quantitative estimate of drug-likeness (QED) is 0.456. The Morgan fingerprint density at radius 1 is 0.900 bits per heavy atom. The van der Waals surface area contributed by atoms with Gasteiger partial charge in [-0.15, -0.1) is 0 Å². The molecular weight excluding hydrogens is 508 g/mol. The summed E-state index contributed by atoms with van der Waals surface area (Å²) in [5, 5.41) is 12.5. The lowest BCUT2D eigenvalue weighted by atomic mass is 9.89. The molecule has 0 radical (unpaired) electrons. The summed E-state index contributed by atoms with van der Waals surface area (Å²) < 4.78 is 0. The molecule has 4 rings (SSSR count). The summed E-state index contributed by atoms with van der Waals surface area (Å²) in [5.41, 5.74) is 4.76. The van der Waals surface area contributed by atoms with Gasteiger partial charge in [0.05, 0.1) is 12.3 Å². The molecule has 1 saturated heterocycles. The maximum atomic E-state index is 13.0. The average molecular weight is 543 g/mol. The Morgan fingerprint density at radius 3 is 2.15 bits per heavy atom. The molecule has 9 heteroatoms. The molecule has 0 spiro atoms. The van der Waals surface area contributed by atoms with Crippen LogP contribution in [-0.4, -0.2) is 61.0 Å². The first-order chi connectivity index (χ1) is 19.0. The molecule has 2 atom stereocenters. The van der Waals surface area contributed by atoms with Gasteiger partial charge in [-0.25, -0.2) is 4.79 Å². The van der Waals surface area contributed by atoms with Crippen LogP contribution in [0.15, 0.2) is 72.8 Å². The van der Waals surface area contributed by atoms with Crippen LogP contribution in [0.25, 0.3) is 0 Å². The van der Waals surface area contributed by atoms with E-state index in [0.717, 1.165) is 22.4 Å². The van der Waals surface area contributed by atoms with E-state index in [1.54, 1.807) is 53.1 Å². The van der Waals surface area contributed by atoms with Crippen molar-refractivity contribution in [3.63, 3.8) is 0 Å². The fourth-order valence-electron chi connectivity index (χ4n) is 4.99. The minimum Gasteiger partial charge on any atom is -0.481 e. The molecule has 9 nitrogen and oxygen atoms in total. The molecule has 4 amide bonds. The number of benzene rings is 3. The second kappa shape index (κ2) is 12.0. The minimum atomic E-state index is -0.922. The van der Waals surface area contributed by atoms with E-state index in [4.69, 9.17) is 0 Å². The number of amides is 4. The van der Waals surface area contributed by atoms with Crippen molar-refractivity contribution in [2.45, 2.75) is 26.2 Å². The molecule has 1 fully saturated rings. The van der Waals surface area contributed by atoms with Crippen molar-refractivity contribution < 1.29 is 24.3 Å². The smallest absolute Gasteiger partial charge is 0.326 e.